The van der Waals surface area contributed by atoms with Crippen molar-refractivity contribution in [3.8, 4) is 22.6 Å². The van der Waals surface area contributed by atoms with E-state index in [1.54, 1.807) is 84.2 Å². The topological polar surface area (TPSA) is 156 Å². The molecule has 2 aromatic heterocycles. The number of anilines is 3. The molecule has 4 aromatic rings. The smallest absolute Gasteiger partial charge is 0.352 e. The van der Waals surface area contributed by atoms with Crippen LogP contribution < -0.4 is 25.4 Å². The first-order chi connectivity index (χ1) is 24.6. The van der Waals surface area contributed by atoms with E-state index in [9.17, 15) is 24.3 Å². The zero-order valence-corrected chi connectivity index (χ0v) is 29.7. The lowest BCUT2D eigenvalue weighted by molar-refractivity contribution is -0.116. The number of carbonyl (C=O) groups is 4. The van der Waals surface area contributed by atoms with E-state index in [-0.39, 0.29) is 42.5 Å². The van der Waals surface area contributed by atoms with Crippen molar-refractivity contribution in [3.05, 3.63) is 77.9 Å². The molecule has 0 saturated carbocycles. The zero-order chi connectivity index (χ0) is 36.7. The van der Waals surface area contributed by atoms with Gasteiger partial charge >= 0.3 is 5.97 Å². The summed E-state index contributed by atoms with van der Waals surface area (Å²) in [6.07, 6.45) is 7.15. The Kier molecular flexibility index (Phi) is 11.7. The standard InChI is InChI=1S/C36H40N6O7.C2H6/c1-40-20-23(15-30(40)36(46)47)22-9-11-24(12-10-22)39-34(44)29-16-25(21-41(29)2)38-33(43)8-6-14-49-32-18-28-27(17-31(32)48-3)35(45)42-13-5-4-7-26(42)19-37-28;1-2/h9-12,15-18,20-21,26,37H,4-8,13-14,19H2,1-3H3,(H,38,43)(H,39,44)(H,46,47);1-2H3/t26-;/m0./s1. The summed E-state index contributed by atoms with van der Waals surface area (Å²) in [7, 11) is 4.93. The molecule has 13 heteroatoms. The minimum Gasteiger partial charge on any atom is -0.493 e. The van der Waals surface area contributed by atoms with Crippen molar-refractivity contribution in [2.45, 2.75) is 52.0 Å². The Bertz CT molecular complexity index is 1890. The normalized spacial score (nSPS) is 14.9. The average molecular weight is 699 g/mol. The Labute approximate surface area is 297 Å². The molecule has 0 bridgehead atoms. The number of hydrogen-bond acceptors (Lipinski definition) is 7. The van der Waals surface area contributed by atoms with Crippen LogP contribution in [-0.2, 0) is 18.9 Å². The van der Waals surface area contributed by atoms with Crippen LogP contribution in [0.2, 0.25) is 0 Å². The molecule has 2 aliphatic heterocycles. The molecular weight excluding hydrogens is 652 g/mol. The van der Waals surface area contributed by atoms with Crippen LogP contribution in [0.4, 0.5) is 17.1 Å². The van der Waals surface area contributed by atoms with Gasteiger partial charge in [0.2, 0.25) is 5.91 Å². The summed E-state index contributed by atoms with van der Waals surface area (Å²) in [5.74, 6) is -0.603. The van der Waals surface area contributed by atoms with Gasteiger partial charge in [0, 0.05) is 69.4 Å². The predicted molar refractivity (Wildman–Crippen MR) is 196 cm³/mol. The van der Waals surface area contributed by atoms with Gasteiger partial charge in [-0.15, -0.1) is 0 Å². The van der Waals surface area contributed by atoms with E-state index < -0.39 is 5.97 Å². The van der Waals surface area contributed by atoms with Crippen molar-refractivity contribution in [1.29, 1.82) is 0 Å². The van der Waals surface area contributed by atoms with Gasteiger partial charge in [-0.25, -0.2) is 4.79 Å². The molecule has 1 saturated heterocycles. The third-order valence-electron chi connectivity index (χ3n) is 8.98. The molecule has 0 radical (unpaired) electrons. The fourth-order valence-electron chi connectivity index (χ4n) is 6.39. The predicted octanol–water partition coefficient (Wildman–Crippen LogP) is 6.23. The average Bonchev–Trinajstić information content (AvgIpc) is 3.67. The number of rotatable bonds is 11. The summed E-state index contributed by atoms with van der Waals surface area (Å²) in [6.45, 7) is 5.71. The molecule has 51 heavy (non-hydrogen) atoms. The monoisotopic (exact) mass is 698 g/mol. The summed E-state index contributed by atoms with van der Waals surface area (Å²) in [6, 6.07) is 14.0. The van der Waals surface area contributed by atoms with Gasteiger partial charge in [-0.3, -0.25) is 14.4 Å². The van der Waals surface area contributed by atoms with Gasteiger partial charge in [-0.1, -0.05) is 26.0 Å². The third kappa shape index (κ3) is 8.36. The summed E-state index contributed by atoms with van der Waals surface area (Å²) >= 11 is 0. The lowest BCUT2D eigenvalue weighted by atomic mass is 10.0. The Morgan fingerprint density at radius 2 is 1.65 bits per heavy atom. The van der Waals surface area contributed by atoms with Crippen molar-refractivity contribution in [2.24, 2.45) is 14.1 Å². The molecule has 0 aliphatic carbocycles. The number of aromatic nitrogens is 2. The third-order valence-corrected chi connectivity index (χ3v) is 8.98. The van der Waals surface area contributed by atoms with Gasteiger partial charge in [0.1, 0.15) is 11.4 Å². The first-order valence-corrected chi connectivity index (χ1v) is 17.3. The van der Waals surface area contributed by atoms with Crippen LogP contribution in [0, 0.1) is 0 Å². The molecule has 2 aromatic carbocycles. The number of aromatic carboxylic acids is 1. The number of piperidine rings is 1. The molecule has 4 heterocycles. The van der Waals surface area contributed by atoms with Crippen LogP contribution >= 0.6 is 0 Å². The maximum atomic E-state index is 13.3. The highest BCUT2D eigenvalue weighted by Crippen LogP contribution is 2.37. The van der Waals surface area contributed by atoms with Crippen molar-refractivity contribution in [1.82, 2.24) is 14.0 Å². The Balaban J connectivity index is 0.00000248. The van der Waals surface area contributed by atoms with Gasteiger partial charge in [0.25, 0.3) is 11.8 Å². The van der Waals surface area contributed by atoms with E-state index in [2.05, 4.69) is 16.0 Å². The highest BCUT2D eigenvalue weighted by atomic mass is 16.5. The largest absolute Gasteiger partial charge is 0.493 e. The molecule has 0 unspecified atom stereocenters. The highest BCUT2D eigenvalue weighted by molar-refractivity contribution is 6.05. The Morgan fingerprint density at radius 1 is 0.902 bits per heavy atom. The number of hydrogen-bond donors (Lipinski definition) is 4. The summed E-state index contributed by atoms with van der Waals surface area (Å²) in [4.78, 5) is 52.4. The van der Waals surface area contributed by atoms with Crippen LogP contribution in [0.15, 0.2) is 60.9 Å². The van der Waals surface area contributed by atoms with Crippen LogP contribution in [0.3, 0.4) is 0 Å². The SMILES string of the molecule is CC.COc1cc2c(cc1OCCCC(=O)Nc1cc(C(=O)Nc3ccc(-c4cc(C(=O)O)n(C)c4)cc3)n(C)c1)NC[C@@H]1CCCCN1C2=O. The van der Waals surface area contributed by atoms with Gasteiger partial charge < -0.3 is 44.6 Å². The number of carboxylic acids is 1. The number of amides is 3. The molecule has 3 amide bonds. The maximum Gasteiger partial charge on any atom is 0.352 e. The number of methoxy groups -OCH3 is 1. The summed E-state index contributed by atoms with van der Waals surface area (Å²) in [5.41, 5.74) is 4.46. The minimum atomic E-state index is -1.00. The molecule has 1 atom stereocenters. The molecule has 270 valence electrons. The maximum absolute atomic E-state index is 13.3. The summed E-state index contributed by atoms with van der Waals surface area (Å²) in [5, 5.41) is 18.4. The van der Waals surface area contributed by atoms with Gasteiger partial charge in [-0.2, -0.15) is 0 Å². The second kappa shape index (κ2) is 16.3. The molecular formula is C38H46N6O7. The van der Waals surface area contributed by atoms with E-state index in [0.717, 1.165) is 42.6 Å². The fourth-order valence-corrected chi connectivity index (χ4v) is 6.39. The second-order valence-electron chi connectivity index (χ2n) is 12.4. The molecule has 2 aliphatic rings. The number of nitrogens with one attached hydrogen (secondary N) is 3. The highest BCUT2D eigenvalue weighted by Gasteiger charge is 2.32. The van der Waals surface area contributed by atoms with Gasteiger partial charge in [-0.05, 0) is 61.6 Å². The lowest BCUT2D eigenvalue weighted by Gasteiger charge is -2.34. The zero-order valence-electron chi connectivity index (χ0n) is 29.7. The van der Waals surface area contributed by atoms with Crippen molar-refractivity contribution < 1.29 is 33.8 Å². The number of carboxylic acid groups (broad SMARTS) is 1. The minimum absolute atomic E-state index is 0.00393. The second-order valence-corrected chi connectivity index (χ2v) is 12.4. The first kappa shape index (κ1) is 36.6. The van der Waals surface area contributed by atoms with E-state index in [0.29, 0.717) is 47.1 Å². The van der Waals surface area contributed by atoms with Crippen molar-refractivity contribution in [2.75, 3.05) is 42.8 Å². The Hall–Kier alpha value is -5.72. The van der Waals surface area contributed by atoms with E-state index >= 15 is 0 Å². The molecule has 0 spiro atoms. The van der Waals surface area contributed by atoms with E-state index in [1.807, 2.05) is 18.7 Å². The Morgan fingerprint density at radius 3 is 2.35 bits per heavy atom. The molecule has 6 rings (SSSR count). The number of carbonyl (C=O) groups excluding carboxylic acids is 3. The lowest BCUT2D eigenvalue weighted by Crippen LogP contribution is -2.45. The van der Waals surface area contributed by atoms with Crippen molar-refractivity contribution >= 4 is 40.8 Å². The van der Waals surface area contributed by atoms with Crippen LogP contribution in [0.25, 0.3) is 11.1 Å². The van der Waals surface area contributed by atoms with Gasteiger partial charge in [0.15, 0.2) is 11.5 Å². The number of aryl methyl sites for hydroxylation is 2. The molecule has 4 N–H and O–H groups in total. The fraction of sp³-hybridized carbons (Fsp3) is 0.368. The van der Waals surface area contributed by atoms with Crippen LogP contribution in [0.1, 0.15) is 77.3 Å². The number of nitrogens with zero attached hydrogens (tertiary/aromatic N) is 3. The molecule has 1 fully saturated rings. The number of fused-ring (bicyclic) bond motifs is 2. The number of benzene rings is 2. The van der Waals surface area contributed by atoms with E-state index in [1.165, 1.54) is 7.11 Å². The van der Waals surface area contributed by atoms with Gasteiger partial charge in [0.05, 0.1) is 30.7 Å². The summed E-state index contributed by atoms with van der Waals surface area (Å²) < 4.78 is 14.7. The van der Waals surface area contributed by atoms with E-state index in [4.69, 9.17) is 9.47 Å². The van der Waals surface area contributed by atoms with Crippen LogP contribution in [-0.4, -0.2) is 75.7 Å². The quantitative estimate of drug-likeness (QED) is 0.134. The van der Waals surface area contributed by atoms with Crippen molar-refractivity contribution in [3.63, 3.8) is 0 Å². The first-order valence-electron chi connectivity index (χ1n) is 17.3. The number of ether oxygens (including phenoxy) is 2. The van der Waals surface area contributed by atoms with Crippen LogP contribution in [0.5, 0.6) is 11.5 Å². The molecule has 13 nitrogen and oxygen atoms in total.